The van der Waals surface area contributed by atoms with Crippen molar-refractivity contribution in [1.29, 1.82) is 0 Å². The summed E-state index contributed by atoms with van der Waals surface area (Å²) in [6.07, 6.45) is 7.22. The lowest BCUT2D eigenvalue weighted by Crippen LogP contribution is -2.48. The van der Waals surface area contributed by atoms with Crippen molar-refractivity contribution in [1.82, 2.24) is 10.6 Å². The summed E-state index contributed by atoms with van der Waals surface area (Å²) in [6.45, 7) is 1.76. The zero-order chi connectivity index (χ0) is 18.4. The van der Waals surface area contributed by atoms with Crippen molar-refractivity contribution in [2.75, 3.05) is 0 Å². The normalized spacial score (nSPS) is 16.7. The van der Waals surface area contributed by atoms with Gasteiger partial charge in [-0.25, -0.2) is 0 Å². The highest BCUT2D eigenvalue weighted by atomic mass is 16.2. The summed E-state index contributed by atoms with van der Waals surface area (Å²) >= 11 is 0. The molecule has 0 radical (unpaired) electrons. The van der Waals surface area contributed by atoms with E-state index >= 15 is 0 Å². The van der Waals surface area contributed by atoms with Crippen LogP contribution in [0.5, 0.6) is 0 Å². The molecule has 1 aliphatic rings. The van der Waals surface area contributed by atoms with Crippen LogP contribution in [-0.4, -0.2) is 23.9 Å². The number of fused-ring (bicyclic) bond motifs is 1. The highest BCUT2D eigenvalue weighted by Crippen LogP contribution is 2.19. The molecular weight excluding hydrogens is 324 g/mol. The summed E-state index contributed by atoms with van der Waals surface area (Å²) in [7, 11) is 0. The van der Waals surface area contributed by atoms with Crippen LogP contribution in [0.25, 0.3) is 10.8 Å². The van der Waals surface area contributed by atoms with Crippen LogP contribution >= 0.6 is 0 Å². The summed E-state index contributed by atoms with van der Waals surface area (Å²) in [4.78, 5) is 24.8. The van der Waals surface area contributed by atoms with E-state index in [1.807, 2.05) is 42.5 Å². The Morgan fingerprint density at radius 3 is 2.46 bits per heavy atom. The largest absolute Gasteiger partial charge is 0.352 e. The maximum absolute atomic E-state index is 12.4. The Bertz CT molecular complexity index is 758. The van der Waals surface area contributed by atoms with Gasteiger partial charge in [-0.05, 0) is 36.1 Å². The lowest BCUT2D eigenvalue weighted by Gasteiger charge is -2.20. The van der Waals surface area contributed by atoms with Crippen LogP contribution in [0.1, 0.15) is 51.0 Å². The molecule has 138 valence electrons. The van der Waals surface area contributed by atoms with Gasteiger partial charge in [0.25, 0.3) is 0 Å². The molecule has 0 bridgehead atoms. The van der Waals surface area contributed by atoms with Gasteiger partial charge < -0.3 is 10.6 Å². The zero-order valence-corrected chi connectivity index (χ0v) is 15.5. The van der Waals surface area contributed by atoms with Gasteiger partial charge in [0.05, 0.1) is 6.42 Å². The highest BCUT2D eigenvalue weighted by molar-refractivity contribution is 5.92. The molecule has 4 nitrogen and oxygen atoms in total. The van der Waals surface area contributed by atoms with Crippen molar-refractivity contribution < 1.29 is 9.59 Å². The summed E-state index contributed by atoms with van der Waals surface area (Å²) in [5, 5.41) is 8.16. The quantitative estimate of drug-likeness (QED) is 0.806. The molecule has 3 rings (SSSR count). The van der Waals surface area contributed by atoms with Gasteiger partial charge >= 0.3 is 0 Å². The SMILES string of the molecule is C[C@H](NC(=O)Cc1cccc2ccccc12)C(=O)NC1CCCCCC1. The monoisotopic (exact) mass is 352 g/mol. The molecule has 0 heterocycles. The van der Waals surface area contributed by atoms with E-state index in [1.165, 1.54) is 25.7 Å². The average Bonchev–Trinajstić information content (AvgIpc) is 2.90. The molecule has 1 atom stereocenters. The van der Waals surface area contributed by atoms with Crippen molar-refractivity contribution in [2.24, 2.45) is 0 Å². The van der Waals surface area contributed by atoms with Gasteiger partial charge in [-0.3, -0.25) is 9.59 Å². The molecule has 2 N–H and O–H groups in total. The Morgan fingerprint density at radius 1 is 1.00 bits per heavy atom. The molecule has 2 aromatic rings. The van der Waals surface area contributed by atoms with Crippen molar-refractivity contribution in [3.8, 4) is 0 Å². The standard InChI is InChI=1S/C22H28N2O2/c1-16(22(26)24-19-12-4-2-3-5-13-19)23-21(25)15-18-11-8-10-17-9-6-7-14-20(17)18/h6-11,14,16,19H,2-5,12-13,15H2,1H3,(H,23,25)(H,24,26)/t16-/m0/s1. The van der Waals surface area contributed by atoms with E-state index in [1.54, 1.807) is 6.92 Å². The van der Waals surface area contributed by atoms with Crippen LogP contribution in [-0.2, 0) is 16.0 Å². The second-order valence-corrected chi connectivity index (χ2v) is 7.30. The number of hydrogen-bond acceptors (Lipinski definition) is 2. The van der Waals surface area contributed by atoms with Gasteiger partial charge in [-0.2, -0.15) is 0 Å². The van der Waals surface area contributed by atoms with Gasteiger partial charge in [-0.15, -0.1) is 0 Å². The van der Waals surface area contributed by atoms with E-state index in [0.29, 0.717) is 0 Å². The Kier molecular flexibility index (Phi) is 6.26. The second-order valence-electron chi connectivity index (χ2n) is 7.30. The second kappa shape index (κ2) is 8.84. The average molecular weight is 352 g/mol. The van der Waals surface area contributed by atoms with Crippen molar-refractivity contribution >= 4 is 22.6 Å². The number of rotatable bonds is 5. The molecule has 1 saturated carbocycles. The number of benzene rings is 2. The van der Waals surface area contributed by atoms with Crippen molar-refractivity contribution in [2.45, 2.75) is 64.0 Å². The van der Waals surface area contributed by atoms with Gasteiger partial charge in [0.2, 0.25) is 11.8 Å². The van der Waals surface area contributed by atoms with E-state index in [0.717, 1.165) is 29.2 Å². The molecule has 4 heteroatoms. The van der Waals surface area contributed by atoms with Crippen LogP contribution in [0.3, 0.4) is 0 Å². The molecule has 0 aromatic heterocycles. The maximum Gasteiger partial charge on any atom is 0.242 e. The first kappa shape index (κ1) is 18.4. The fraction of sp³-hybridized carbons (Fsp3) is 0.455. The molecule has 1 fully saturated rings. The lowest BCUT2D eigenvalue weighted by atomic mass is 10.0. The summed E-state index contributed by atoms with van der Waals surface area (Å²) < 4.78 is 0. The number of carbonyl (C=O) groups excluding carboxylic acids is 2. The van der Waals surface area contributed by atoms with Crippen molar-refractivity contribution in [3.63, 3.8) is 0 Å². The smallest absolute Gasteiger partial charge is 0.242 e. The minimum Gasteiger partial charge on any atom is -0.352 e. The molecule has 0 saturated heterocycles. The molecule has 2 amide bonds. The fourth-order valence-electron chi connectivity index (χ4n) is 3.73. The Balaban J connectivity index is 1.55. The van der Waals surface area contributed by atoms with Crippen LogP contribution in [0.2, 0.25) is 0 Å². The van der Waals surface area contributed by atoms with Crippen molar-refractivity contribution in [3.05, 3.63) is 48.0 Å². The molecular formula is C22H28N2O2. The topological polar surface area (TPSA) is 58.2 Å². The van der Waals surface area contributed by atoms with Gasteiger partial charge in [-0.1, -0.05) is 68.1 Å². The third-order valence-electron chi connectivity index (χ3n) is 5.20. The number of amides is 2. The number of carbonyl (C=O) groups is 2. The predicted octanol–water partition coefficient (Wildman–Crippen LogP) is 3.73. The summed E-state index contributed by atoms with van der Waals surface area (Å²) in [5.74, 6) is -0.201. The third-order valence-corrected chi connectivity index (χ3v) is 5.20. The van der Waals surface area contributed by atoms with Gasteiger partial charge in [0.15, 0.2) is 0 Å². The van der Waals surface area contributed by atoms with Crippen LogP contribution in [0, 0.1) is 0 Å². The molecule has 1 aliphatic carbocycles. The Labute approximate surface area is 155 Å². The van der Waals surface area contributed by atoms with Crippen LogP contribution < -0.4 is 10.6 Å². The van der Waals surface area contributed by atoms with Crippen LogP contribution in [0.15, 0.2) is 42.5 Å². The van der Waals surface area contributed by atoms with E-state index in [9.17, 15) is 9.59 Å². The minimum absolute atomic E-state index is 0.0804. The highest BCUT2D eigenvalue weighted by Gasteiger charge is 2.20. The predicted molar refractivity (Wildman–Crippen MR) is 105 cm³/mol. The van der Waals surface area contributed by atoms with E-state index in [-0.39, 0.29) is 24.3 Å². The number of nitrogens with one attached hydrogen (secondary N) is 2. The van der Waals surface area contributed by atoms with E-state index < -0.39 is 6.04 Å². The third kappa shape index (κ3) is 4.84. The van der Waals surface area contributed by atoms with E-state index in [4.69, 9.17) is 0 Å². The lowest BCUT2D eigenvalue weighted by molar-refractivity contribution is -0.128. The fourth-order valence-corrected chi connectivity index (χ4v) is 3.73. The summed E-state index contributed by atoms with van der Waals surface area (Å²) in [6, 6.07) is 13.8. The first-order valence-corrected chi connectivity index (χ1v) is 9.70. The van der Waals surface area contributed by atoms with Gasteiger partial charge in [0, 0.05) is 6.04 Å². The minimum atomic E-state index is -0.513. The Hall–Kier alpha value is -2.36. The molecule has 0 unspecified atom stereocenters. The Morgan fingerprint density at radius 2 is 1.69 bits per heavy atom. The molecule has 0 spiro atoms. The maximum atomic E-state index is 12.4. The van der Waals surface area contributed by atoms with E-state index in [2.05, 4.69) is 10.6 Å². The van der Waals surface area contributed by atoms with Gasteiger partial charge in [0.1, 0.15) is 6.04 Å². The molecule has 26 heavy (non-hydrogen) atoms. The molecule has 0 aliphatic heterocycles. The summed E-state index contributed by atoms with van der Waals surface area (Å²) in [5.41, 5.74) is 0.983. The number of hydrogen-bond donors (Lipinski definition) is 2. The first-order chi connectivity index (χ1) is 12.6. The zero-order valence-electron chi connectivity index (χ0n) is 15.5. The first-order valence-electron chi connectivity index (χ1n) is 9.70. The molecule has 2 aromatic carbocycles. The van der Waals surface area contributed by atoms with Crippen LogP contribution in [0.4, 0.5) is 0 Å².